The Morgan fingerprint density at radius 3 is 2.08 bits per heavy atom. The summed E-state index contributed by atoms with van der Waals surface area (Å²) in [6, 6.07) is 14.2. The zero-order valence-electron chi connectivity index (χ0n) is 14.6. The van der Waals surface area contributed by atoms with Crippen LogP contribution >= 0.6 is 0 Å². The molecule has 134 valence electrons. The number of aliphatic carboxylic acids is 1. The van der Waals surface area contributed by atoms with Crippen LogP contribution in [0, 0.1) is 0 Å². The molecule has 0 aliphatic rings. The molecule has 0 aromatic heterocycles. The van der Waals surface area contributed by atoms with Crippen LogP contribution in [0.1, 0.15) is 31.9 Å². The molecule has 0 aliphatic carbocycles. The van der Waals surface area contributed by atoms with E-state index in [1.165, 1.54) is 12.1 Å². The number of carbonyl (C=O) groups is 1. The van der Waals surface area contributed by atoms with Gasteiger partial charge in [0.05, 0.1) is 4.90 Å². The SMILES string of the molecule is CC(C)(C)c1ccc(S(=O)(=O)N[C@@H](Cc2ccccc2)C(=O)O)cc1. The first-order valence-electron chi connectivity index (χ1n) is 7.99. The van der Waals surface area contributed by atoms with Crippen LogP contribution in [-0.4, -0.2) is 25.5 Å². The van der Waals surface area contributed by atoms with Crippen molar-refractivity contribution in [1.82, 2.24) is 4.72 Å². The molecular formula is C19H23NO4S. The quantitative estimate of drug-likeness (QED) is 0.828. The third-order valence-corrected chi connectivity index (χ3v) is 5.40. The lowest BCUT2D eigenvalue weighted by molar-refractivity contribution is -0.138. The average Bonchev–Trinajstić information content (AvgIpc) is 2.54. The zero-order valence-corrected chi connectivity index (χ0v) is 15.4. The number of hydrogen-bond acceptors (Lipinski definition) is 3. The smallest absolute Gasteiger partial charge is 0.322 e. The summed E-state index contributed by atoms with van der Waals surface area (Å²) in [5, 5.41) is 9.37. The molecule has 2 N–H and O–H groups in total. The fraction of sp³-hybridized carbons (Fsp3) is 0.316. The van der Waals surface area contributed by atoms with Crippen LogP contribution in [0.2, 0.25) is 0 Å². The van der Waals surface area contributed by atoms with E-state index in [1.54, 1.807) is 36.4 Å². The van der Waals surface area contributed by atoms with Crippen molar-refractivity contribution in [3.8, 4) is 0 Å². The molecule has 0 aliphatic heterocycles. The topological polar surface area (TPSA) is 83.5 Å². The van der Waals surface area contributed by atoms with E-state index < -0.39 is 22.0 Å². The maximum atomic E-state index is 12.5. The van der Waals surface area contributed by atoms with Crippen molar-refractivity contribution < 1.29 is 18.3 Å². The van der Waals surface area contributed by atoms with Gasteiger partial charge in [0.25, 0.3) is 0 Å². The van der Waals surface area contributed by atoms with Gasteiger partial charge in [-0.25, -0.2) is 8.42 Å². The summed E-state index contributed by atoms with van der Waals surface area (Å²) < 4.78 is 27.3. The largest absolute Gasteiger partial charge is 0.480 e. The molecule has 0 saturated carbocycles. The molecule has 0 bridgehead atoms. The molecule has 0 spiro atoms. The first kappa shape index (κ1) is 19.1. The number of carboxylic acid groups (broad SMARTS) is 1. The molecule has 6 heteroatoms. The van der Waals surface area contributed by atoms with E-state index in [0.29, 0.717) is 0 Å². The molecule has 5 nitrogen and oxygen atoms in total. The van der Waals surface area contributed by atoms with E-state index in [0.717, 1.165) is 11.1 Å². The van der Waals surface area contributed by atoms with Crippen LogP contribution in [0.25, 0.3) is 0 Å². The Hall–Kier alpha value is -2.18. The zero-order chi connectivity index (χ0) is 18.7. The lowest BCUT2D eigenvalue weighted by atomic mass is 9.87. The Morgan fingerprint density at radius 1 is 1.04 bits per heavy atom. The second-order valence-electron chi connectivity index (χ2n) is 6.98. The van der Waals surface area contributed by atoms with Gasteiger partial charge in [-0.3, -0.25) is 4.79 Å². The molecule has 25 heavy (non-hydrogen) atoms. The monoisotopic (exact) mass is 361 g/mol. The summed E-state index contributed by atoms with van der Waals surface area (Å²) in [5.74, 6) is -1.21. The minimum atomic E-state index is -3.92. The molecular weight excluding hydrogens is 338 g/mol. The highest BCUT2D eigenvalue weighted by atomic mass is 32.2. The summed E-state index contributed by atoms with van der Waals surface area (Å²) in [7, 11) is -3.92. The molecule has 0 radical (unpaired) electrons. The average molecular weight is 361 g/mol. The first-order valence-corrected chi connectivity index (χ1v) is 9.47. The van der Waals surface area contributed by atoms with Crippen molar-refractivity contribution in [1.29, 1.82) is 0 Å². The van der Waals surface area contributed by atoms with Gasteiger partial charge >= 0.3 is 5.97 Å². The molecule has 1 atom stereocenters. The van der Waals surface area contributed by atoms with Crippen LogP contribution in [0.4, 0.5) is 0 Å². The third kappa shape index (κ3) is 5.14. The van der Waals surface area contributed by atoms with Crippen LogP contribution < -0.4 is 4.72 Å². The Balaban J connectivity index is 2.21. The van der Waals surface area contributed by atoms with Gasteiger partial charge in [0.2, 0.25) is 10.0 Å². The highest BCUT2D eigenvalue weighted by Gasteiger charge is 2.26. The molecule has 0 fully saturated rings. The number of carboxylic acids is 1. The van der Waals surface area contributed by atoms with Crippen molar-refractivity contribution in [2.24, 2.45) is 0 Å². The minimum Gasteiger partial charge on any atom is -0.480 e. The lowest BCUT2D eigenvalue weighted by Gasteiger charge is -2.19. The second-order valence-corrected chi connectivity index (χ2v) is 8.69. The standard InChI is InChI=1S/C19H23NO4S/c1-19(2,3)15-9-11-16(12-10-15)25(23,24)20-17(18(21)22)13-14-7-5-4-6-8-14/h4-12,17,20H,13H2,1-3H3,(H,21,22)/t17-/m0/s1. The fourth-order valence-corrected chi connectivity index (χ4v) is 3.61. The van der Waals surface area contributed by atoms with Crippen molar-refractivity contribution in [3.63, 3.8) is 0 Å². The molecule has 0 saturated heterocycles. The van der Waals surface area contributed by atoms with Crippen LogP contribution in [0.5, 0.6) is 0 Å². The van der Waals surface area contributed by atoms with Gasteiger partial charge in [-0.15, -0.1) is 0 Å². The van der Waals surface area contributed by atoms with E-state index in [4.69, 9.17) is 0 Å². The maximum absolute atomic E-state index is 12.5. The predicted octanol–water partition coefficient (Wildman–Crippen LogP) is 2.96. The van der Waals surface area contributed by atoms with E-state index in [2.05, 4.69) is 4.72 Å². The fourth-order valence-electron chi connectivity index (χ4n) is 2.42. The summed E-state index contributed by atoms with van der Waals surface area (Å²) >= 11 is 0. The van der Waals surface area contributed by atoms with E-state index in [-0.39, 0.29) is 16.7 Å². The minimum absolute atomic E-state index is 0.0554. The number of hydrogen-bond donors (Lipinski definition) is 2. The Morgan fingerprint density at radius 2 is 1.60 bits per heavy atom. The number of rotatable bonds is 6. The normalized spacial score (nSPS) is 13.4. The highest BCUT2D eigenvalue weighted by molar-refractivity contribution is 7.89. The Bertz CT molecular complexity index is 822. The Kier molecular flexibility index (Phi) is 5.65. The van der Waals surface area contributed by atoms with Gasteiger partial charge in [-0.05, 0) is 35.1 Å². The first-order chi connectivity index (χ1) is 11.6. The number of benzene rings is 2. The van der Waals surface area contributed by atoms with Gasteiger partial charge in [-0.2, -0.15) is 4.72 Å². The van der Waals surface area contributed by atoms with Crippen molar-refractivity contribution in [2.45, 2.75) is 43.5 Å². The summed E-state index contributed by atoms with van der Waals surface area (Å²) in [4.78, 5) is 11.5. The van der Waals surface area contributed by atoms with Crippen molar-refractivity contribution in [3.05, 3.63) is 65.7 Å². The number of sulfonamides is 1. The molecule has 2 rings (SSSR count). The van der Waals surface area contributed by atoms with Crippen LogP contribution in [-0.2, 0) is 26.7 Å². The predicted molar refractivity (Wildman–Crippen MR) is 97.0 cm³/mol. The van der Waals surface area contributed by atoms with E-state index in [1.807, 2.05) is 26.8 Å². The van der Waals surface area contributed by atoms with Crippen molar-refractivity contribution >= 4 is 16.0 Å². The summed E-state index contributed by atoms with van der Waals surface area (Å²) in [5.41, 5.74) is 1.67. The highest BCUT2D eigenvalue weighted by Crippen LogP contribution is 2.23. The molecule has 0 unspecified atom stereocenters. The van der Waals surface area contributed by atoms with Gasteiger partial charge in [0, 0.05) is 0 Å². The molecule has 0 heterocycles. The lowest BCUT2D eigenvalue weighted by Crippen LogP contribution is -2.42. The molecule has 2 aromatic rings. The summed E-state index contributed by atoms with van der Waals surface area (Å²) in [6.07, 6.45) is 0.0788. The maximum Gasteiger partial charge on any atom is 0.322 e. The second kappa shape index (κ2) is 7.37. The third-order valence-electron chi connectivity index (χ3n) is 3.91. The van der Waals surface area contributed by atoms with E-state index >= 15 is 0 Å². The van der Waals surface area contributed by atoms with Crippen molar-refractivity contribution in [2.75, 3.05) is 0 Å². The van der Waals surface area contributed by atoms with E-state index in [9.17, 15) is 18.3 Å². The van der Waals surface area contributed by atoms with Gasteiger partial charge in [0.15, 0.2) is 0 Å². The summed E-state index contributed by atoms with van der Waals surface area (Å²) in [6.45, 7) is 6.11. The van der Waals surface area contributed by atoms with Gasteiger partial charge in [0.1, 0.15) is 6.04 Å². The molecule has 0 amide bonds. The van der Waals surface area contributed by atoms with Crippen LogP contribution in [0.15, 0.2) is 59.5 Å². The van der Waals surface area contributed by atoms with Gasteiger partial charge < -0.3 is 5.11 Å². The number of nitrogens with one attached hydrogen (secondary N) is 1. The Labute approximate surface area is 148 Å². The molecule has 2 aromatic carbocycles. The van der Waals surface area contributed by atoms with Crippen LogP contribution in [0.3, 0.4) is 0 Å². The van der Waals surface area contributed by atoms with Gasteiger partial charge in [-0.1, -0.05) is 63.2 Å².